The molecule has 0 amide bonds. The lowest BCUT2D eigenvalue weighted by atomic mass is 10.1. The predicted octanol–water partition coefficient (Wildman–Crippen LogP) is 3.89. The lowest BCUT2D eigenvalue weighted by molar-refractivity contribution is 0.636. The molecular weight excluding hydrogens is 324 g/mol. The molecule has 3 heterocycles. The number of benzene rings is 1. The van der Waals surface area contributed by atoms with Crippen molar-refractivity contribution in [1.29, 1.82) is 0 Å². The number of rotatable bonds is 5. The predicted molar refractivity (Wildman–Crippen MR) is 104 cm³/mol. The second-order valence-corrected chi connectivity index (χ2v) is 6.80. The summed E-state index contributed by atoms with van der Waals surface area (Å²) >= 11 is 0. The van der Waals surface area contributed by atoms with E-state index >= 15 is 0 Å². The van der Waals surface area contributed by atoms with Gasteiger partial charge in [-0.2, -0.15) is 5.10 Å². The van der Waals surface area contributed by atoms with E-state index in [0.29, 0.717) is 0 Å². The zero-order chi connectivity index (χ0) is 17.9. The molecule has 26 heavy (non-hydrogen) atoms. The monoisotopic (exact) mass is 348 g/mol. The third-order valence-electron chi connectivity index (χ3n) is 4.93. The fourth-order valence-electron chi connectivity index (χ4n) is 3.42. The highest BCUT2D eigenvalue weighted by Gasteiger charge is 2.16. The molecule has 134 valence electrons. The van der Waals surface area contributed by atoms with Crippen LogP contribution in [0.3, 0.4) is 0 Å². The highest BCUT2D eigenvalue weighted by atomic mass is 15.3. The first-order chi connectivity index (χ1) is 12.7. The van der Waals surface area contributed by atoms with Gasteiger partial charge in [0.15, 0.2) is 5.82 Å². The van der Waals surface area contributed by atoms with Crippen molar-refractivity contribution in [2.45, 2.75) is 45.7 Å². The van der Waals surface area contributed by atoms with Gasteiger partial charge in [0.05, 0.1) is 6.20 Å². The van der Waals surface area contributed by atoms with Crippen molar-refractivity contribution in [3.63, 3.8) is 0 Å². The van der Waals surface area contributed by atoms with Gasteiger partial charge in [0.1, 0.15) is 5.82 Å². The molecule has 0 aliphatic carbocycles. The Hall–Kier alpha value is -2.89. The van der Waals surface area contributed by atoms with Gasteiger partial charge in [0.2, 0.25) is 0 Å². The van der Waals surface area contributed by atoms with E-state index < -0.39 is 0 Å². The van der Waals surface area contributed by atoms with E-state index in [9.17, 15) is 0 Å². The van der Waals surface area contributed by atoms with Crippen LogP contribution in [-0.4, -0.2) is 24.5 Å². The van der Waals surface area contributed by atoms with Crippen molar-refractivity contribution in [2.75, 3.05) is 5.32 Å². The number of hydrogen-bond donors (Lipinski definition) is 1. The molecule has 1 aromatic carbocycles. The van der Waals surface area contributed by atoms with Crippen molar-refractivity contribution in [2.24, 2.45) is 0 Å². The second kappa shape index (κ2) is 7.15. The molecule has 0 saturated heterocycles. The summed E-state index contributed by atoms with van der Waals surface area (Å²) in [6, 6.07) is 6.46. The number of nitrogens with one attached hydrogen (secondary N) is 1. The Balaban J connectivity index is 1.58. The number of hydrogen-bond acceptors (Lipinski definition) is 4. The van der Waals surface area contributed by atoms with Crippen LogP contribution < -0.4 is 5.32 Å². The van der Waals surface area contributed by atoms with E-state index in [1.54, 1.807) is 10.9 Å². The van der Waals surface area contributed by atoms with Crippen LogP contribution in [0, 0.1) is 6.92 Å². The summed E-state index contributed by atoms with van der Waals surface area (Å²) in [5.41, 5.74) is 4.55. The molecule has 3 aromatic rings. The largest absolute Gasteiger partial charge is 0.381 e. The molecule has 0 radical (unpaired) electrons. The minimum Gasteiger partial charge on any atom is -0.381 e. The lowest BCUT2D eigenvalue weighted by Crippen LogP contribution is -2.04. The standard InChI is InChI=1S/C20H24N6/c1-3-25-14-16(13-22-25)12-21-18-11-17(9-8-15(18)2)20-24-23-19-7-5-4-6-10-26(19)20/h3,8-9,11,13-14,21H,1,4-7,10,12H2,2H3. The van der Waals surface area contributed by atoms with Gasteiger partial charge in [-0.15, -0.1) is 10.2 Å². The highest BCUT2D eigenvalue weighted by molar-refractivity contribution is 5.65. The number of nitrogens with zero attached hydrogens (tertiary/aromatic N) is 5. The first kappa shape index (κ1) is 16.6. The van der Waals surface area contributed by atoms with Crippen LogP contribution in [0.5, 0.6) is 0 Å². The Labute approximate surface area is 153 Å². The molecular formula is C20H24N6. The fraction of sp³-hybridized carbons (Fsp3) is 0.350. The zero-order valence-corrected chi connectivity index (χ0v) is 15.1. The van der Waals surface area contributed by atoms with Crippen LogP contribution in [0.4, 0.5) is 5.69 Å². The van der Waals surface area contributed by atoms with E-state index in [1.165, 1.54) is 24.8 Å². The molecule has 1 N–H and O–H groups in total. The third kappa shape index (κ3) is 3.27. The van der Waals surface area contributed by atoms with Crippen molar-refractivity contribution in [3.8, 4) is 11.4 Å². The maximum atomic E-state index is 4.47. The fourth-order valence-corrected chi connectivity index (χ4v) is 3.42. The van der Waals surface area contributed by atoms with Crippen LogP contribution >= 0.6 is 0 Å². The first-order valence-electron chi connectivity index (χ1n) is 9.17. The Morgan fingerprint density at radius 1 is 1.23 bits per heavy atom. The van der Waals surface area contributed by atoms with E-state index in [-0.39, 0.29) is 0 Å². The quantitative estimate of drug-likeness (QED) is 0.760. The van der Waals surface area contributed by atoms with Gasteiger partial charge in [-0.05, 0) is 31.4 Å². The van der Waals surface area contributed by atoms with Crippen LogP contribution in [0.2, 0.25) is 0 Å². The molecule has 6 nitrogen and oxygen atoms in total. The zero-order valence-electron chi connectivity index (χ0n) is 15.1. The van der Waals surface area contributed by atoms with E-state index in [2.05, 4.69) is 56.9 Å². The molecule has 0 fully saturated rings. The van der Waals surface area contributed by atoms with Gasteiger partial charge in [0, 0.05) is 48.7 Å². The van der Waals surface area contributed by atoms with E-state index in [4.69, 9.17) is 0 Å². The van der Waals surface area contributed by atoms with E-state index in [0.717, 1.165) is 48.0 Å². The molecule has 0 unspecified atom stereocenters. The summed E-state index contributed by atoms with van der Waals surface area (Å²) in [4.78, 5) is 0. The second-order valence-electron chi connectivity index (χ2n) is 6.80. The first-order valence-corrected chi connectivity index (χ1v) is 9.17. The molecule has 0 bridgehead atoms. The van der Waals surface area contributed by atoms with Crippen molar-refractivity contribution >= 4 is 11.9 Å². The Kier molecular flexibility index (Phi) is 4.56. The Morgan fingerprint density at radius 2 is 2.15 bits per heavy atom. The molecule has 0 atom stereocenters. The lowest BCUT2D eigenvalue weighted by Gasteiger charge is -2.12. The Morgan fingerprint density at radius 3 is 3.00 bits per heavy atom. The molecule has 2 aromatic heterocycles. The summed E-state index contributed by atoms with van der Waals surface area (Å²) in [7, 11) is 0. The van der Waals surface area contributed by atoms with Gasteiger partial charge >= 0.3 is 0 Å². The van der Waals surface area contributed by atoms with Crippen molar-refractivity contribution in [3.05, 3.63) is 54.1 Å². The Bertz CT molecular complexity index is 920. The molecule has 0 saturated carbocycles. The number of aryl methyl sites for hydroxylation is 2. The van der Waals surface area contributed by atoms with Crippen LogP contribution in [0.1, 0.15) is 36.2 Å². The van der Waals surface area contributed by atoms with Crippen LogP contribution in [0.25, 0.3) is 17.6 Å². The molecule has 4 rings (SSSR count). The maximum Gasteiger partial charge on any atom is 0.164 e. The van der Waals surface area contributed by atoms with Crippen LogP contribution in [0.15, 0.2) is 37.2 Å². The molecule has 1 aliphatic heterocycles. The number of fused-ring (bicyclic) bond motifs is 1. The van der Waals surface area contributed by atoms with Gasteiger partial charge in [0.25, 0.3) is 0 Å². The van der Waals surface area contributed by atoms with Crippen molar-refractivity contribution in [1.82, 2.24) is 24.5 Å². The topological polar surface area (TPSA) is 60.6 Å². The van der Waals surface area contributed by atoms with Gasteiger partial charge in [-0.25, -0.2) is 4.68 Å². The average molecular weight is 348 g/mol. The minimum atomic E-state index is 0.718. The van der Waals surface area contributed by atoms with E-state index in [1.807, 2.05) is 12.4 Å². The highest BCUT2D eigenvalue weighted by Crippen LogP contribution is 2.27. The molecule has 6 heteroatoms. The van der Waals surface area contributed by atoms with Gasteiger partial charge in [-0.1, -0.05) is 25.1 Å². The third-order valence-corrected chi connectivity index (χ3v) is 4.93. The number of anilines is 1. The molecule has 0 spiro atoms. The smallest absolute Gasteiger partial charge is 0.164 e. The number of aromatic nitrogens is 5. The summed E-state index contributed by atoms with van der Waals surface area (Å²) in [6.45, 7) is 7.57. The van der Waals surface area contributed by atoms with Crippen molar-refractivity contribution < 1.29 is 0 Å². The summed E-state index contributed by atoms with van der Waals surface area (Å²) < 4.78 is 4.00. The van der Waals surface area contributed by atoms with Gasteiger partial charge < -0.3 is 9.88 Å². The van der Waals surface area contributed by atoms with Gasteiger partial charge in [-0.3, -0.25) is 0 Å². The van der Waals surface area contributed by atoms with Crippen LogP contribution in [-0.2, 0) is 19.5 Å². The normalized spacial score (nSPS) is 13.9. The summed E-state index contributed by atoms with van der Waals surface area (Å²) in [6.07, 6.45) is 10.2. The minimum absolute atomic E-state index is 0.718. The maximum absolute atomic E-state index is 4.47. The average Bonchev–Trinajstić information content (AvgIpc) is 3.22. The summed E-state index contributed by atoms with van der Waals surface area (Å²) in [5.74, 6) is 2.09. The summed E-state index contributed by atoms with van der Waals surface area (Å²) in [5, 5.41) is 16.6. The molecule has 1 aliphatic rings. The SMILES string of the molecule is C=Cn1cc(CNc2cc(-c3nnc4n3CCCCC4)ccc2C)cn1.